The number of aliphatic hydroxyl groups is 1. The summed E-state index contributed by atoms with van der Waals surface area (Å²) in [5.74, 6) is 0.417. The molecule has 2 unspecified atom stereocenters. The largest absolute Gasteiger partial charge is 0.497 e. The van der Waals surface area contributed by atoms with Crippen LogP contribution in [0.5, 0.6) is 5.75 Å². The van der Waals surface area contributed by atoms with Crippen LogP contribution in [0, 0.1) is 0 Å². The van der Waals surface area contributed by atoms with Crippen molar-refractivity contribution >= 4 is 25.0 Å². The first-order valence-electron chi connectivity index (χ1n) is 11.6. The molecule has 0 radical (unpaired) electrons. The number of ketones is 1. The second-order valence-electron chi connectivity index (χ2n) is 9.89. The summed E-state index contributed by atoms with van der Waals surface area (Å²) in [6.07, 6.45) is 1.47. The number of nitrogens with zero attached hydrogens (tertiary/aromatic N) is 1. The number of hydrogen-bond acceptors (Lipinski definition) is 5. The molecule has 3 rings (SSSR count). The first-order chi connectivity index (χ1) is 15.7. The van der Waals surface area contributed by atoms with Crippen LogP contribution in [0.25, 0.3) is 0 Å². The molecule has 2 atom stereocenters. The summed E-state index contributed by atoms with van der Waals surface area (Å²) < 4.78 is 5.24. The second-order valence-corrected chi connectivity index (χ2v) is 15.0. The van der Waals surface area contributed by atoms with Crippen LogP contribution in [0.1, 0.15) is 30.0 Å². The summed E-state index contributed by atoms with van der Waals surface area (Å²) in [6, 6.07) is 14.8. The van der Waals surface area contributed by atoms with Crippen molar-refractivity contribution in [1.82, 2.24) is 10.2 Å². The minimum atomic E-state index is -1.40. The molecule has 0 bridgehead atoms. The van der Waals surface area contributed by atoms with Crippen molar-refractivity contribution in [1.29, 1.82) is 0 Å². The fourth-order valence-corrected chi connectivity index (χ4v) is 5.32. The quantitative estimate of drug-likeness (QED) is 0.553. The summed E-state index contributed by atoms with van der Waals surface area (Å²) in [4.78, 5) is 28.1. The van der Waals surface area contributed by atoms with E-state index in [9.17, 15) is 14.7 Å². The van der Waals surface area contributed by atoms with Crippen molar-refractivity contribution in [3.8, 4) is 5.75 Å². The maximum Gasteiger partial charge on any atom is 0.235 e. The lowest BCUT2D eigenvalue weighted by Crippen LogP contribution is -2.46. The van der Waals surface area contributed by atoms with E-state index < -0.39 is 20.2 Å². The van der Waals surface area contributed by atoms with Gasteiger partial charge in [-0.25, -0.2) is 0 Å². The number of β-amino-alcohol motifs (C(OH)–C–C–N with tert-alkyl or cyclic N) is 1. The first-order valence-corrected chi connectivity index (χ1v) is 15.1. The number of carbonyl (C=O) groups is 2. The molecule has 2 aromatic rings. The number of rotatable bonds is 9. The van der Waals surface area contributed by atoms with E-state index in [-0.39, 0.29) is 24.7 Å². The smallest absolute Gasteiger partial charge is 0.235 e. The standard InChI is InChI=1S/C26H36N2O4Si/c1-32-22-11-9-20(10-12-22)26(27-25(31)18-28-15-5-6-21(29)17-28)24(30)16-19-7-13-23(14-8-19)33(2,3)4/h7-14,21,26,29H,5-6,15-18H2,1-4H3,(H,27,31). The number of methoxy groups -OCH3 is 1. The Balaban J connectivity index is 1.74. The van der Waals surface area contributed by atoms with E-state index in [1.807, 2.05) is 29.2 Å². The van der Waals surface area contributed by atoms with Crippen molar-refractivity contribution in [3.63, 3.8) is 0 Å². The highest BCUT2D eigenvalue weighted by molar-refractivity contribution is 6.88. The fourth-order valence-electron chi connectivity index (χ4n) is 4.16. The van der Waals surface area contributed by atoms with E-state index in [1.54, 1.807) is 19.2 Å². The number of hydrogen-bond donors (Lipinski definition) is 2. The molecule has 0 spiro atoms. The maximum atomic E-state index is 13.3. The third kappa shape index (κ3) is 7.25. The summed E-state index contributed by atoms with van der Waals surface area (Å²) >= 11 is 0. The van der Waals surface area contributed by atoms with E-state index in [2.05, 4.69) is 37.1 Å². The zero-order valence-corrected chi connectivity index (χ0v) is 21.1. The third-order valence-electron chi connectivity index (χ3n) is 6.12. The second kappa shape index (κ2) is 11.1. The van der Waals surface area contributed by atoms with Gasteiger partial charge in [0.25, 0.3) is 0 Å². The van der Waals surface area contributed by atoms with Gasteiger partial charge in [0.2, 0.25) is 5.91 Å². The molecular formula is C26H36N2O4Si. The molecule has 0 saturated carbocycles. The third-order valence-corrected chi connectivity index (χ3v) is 8.19. The van der Waals surface area contributed by atoms with Gasteiger partial charge < -0.3 is 15.2 Å². The Hall–Kier alpha value is -2.48. The average Bonchev–Trinajstić information content (AvgIpc) is 2.77. The first kappa shape index (κ1) is 25.1. The predicted octanol–water partition coefficient (Wildman–Crippen LogP) is 2.67. The molecular weight excluding hydrogens is 432 g/mol. The maximum absolute atomic E-state index is 13.3. The Morgan fingerprint density at radius 3 is 2.36 bits per heavy atom. The minimum Gasteiger partial charge on any atom is -0.497 e. The van der Waals surface area contributed by atoms with E-state index in [0.29, 0.717) is 12.3 Å². The van der Waals surface area contributed by atoms with Crippen LogP contribution in [0.4, 0.5) is 0 Å². The Labute approximate surface area is 198 Å². The van der Waals surface area contributed by atoms with Crippen LogP contribution >= 0.6 is 0 Å². The lowest BCUT2D eigenvalue weighted by atomic mass is 9.97. The monoisotopic (exact) mass is 468 g/mol. The number of ether oxygens (including phenoxy) is 1. The van der Waals surface area contributed by atoms with Crippen molar-refractivity contribution in [2.75, 3.05) is 26.7 Å². The zero-order valence-electron chi connectivity index (χ0n) is 20.1. The highest BCUT2D eigenvalue weighted by atomic mass is 28.3. The normalized spacial score (nSPS) is 17.9. The van der Waals surface area contributed by atoms with Crippen LogP contribution in [0.2, 0.25) is 19.6 Å². The average molecular weight is 469 g/mol. The van der Waals surface area contributed by atoms with Gasteiger partial charge in [0, 0.05) is 13.0 Å². The molecule has 1 aliphatic rings. The van der Waals surface area contributed by atoms with Crippen molar-refractivity contribution in [2.45, 2.75) is 51.0 Å². The lowest BCUT2D eigenvalue weighted by Gasteiger charge is -2.30. The number of likely N-dealkylation sites (tertiary alicyclic amines) is 1. The summed E-state index contributed by atoms with van der Waals surface area (Å²) in [6.45, 7) is 8.31. The number of nitrogens with one attached hydrogen (secondary N) is 1. The van der Waals surface area contributed by atoms with Gasteiger partial charge in [-0.05, 0) is 42.6 Å². The molecule has 1 amide bonds. The van der Waals surface area contributed by atoms with Crippen molar-refractivity contribution in [3.05, 3.63) is 59.7 Å². The number of carbonyl (C=O) groups excluding carboxylic acids is 2. The van der Waals surface area contributed by atoms with Gasteiger partial charge >= 0.3 is 0 Å². The summed E-state index contributed by atoms with van der Waals surface area (Å²) in [5.41, 5.74) is 1.67. The molecule has 0 aliphatic carbocycles. The van der Waals surface area contributed by atoms with Gasteiger partial charge in [0.05, 0.1) is 27.8 Å². The van der Waals surface area contributed by atoms with Gasteiger partial charge in [-0.15, -0.1) is 0 Å². The van der Waals surface area contributed by atoms with E-state index in [0.717, 1.165) is 30.5 Å². The topological polar surface area (TPSA) is 78.9 Å². The molecule has 33 heavy (non-hydrogen) atoms. The van der Waals surface area contributed by atoms with Crippen LogP contribution in [0.3, 0.4) is 0 Å². The zero-order chi connectivity index (χ0) is 24.0. The lowest BCUT2D eigenvalue weighted by molar-refractivity contribution is -0.128. The highest BCUT2D eigenvalue weighted by Gasteiger charge is 2.26. The molecule has 1 heterocycles. The fraction of sp³-hybridized carbons (Fsp3) is 0.462. The Morgan fingerprint density at radius 1 is 1.12 bits per heavy atom. The van der Waals surface area contributed by atoms with E-state index in [1.165, 1.54) is 5.19 Å². The van der Waals surface area contributed by atoms with Gasteiger partial charge in [0.15, 0.2) is 5.78 Å². The highest BCUT2D eigenvalue weighted by Crippen LogP contribution is 2.21. The summed E-state index contributed by atoms with van der Waals surface area (Å²) in [7, 11) is 0.189. The van der Waals surface area contributed by atoms with Crippen LogP contribution < -0.4 is 15.2 Å². The van der Waals surface area contributed by atoms with Gasteiger partial charge in [-0.1, -0.05) is 61.2 Å². The van der Waals surface area contributed by atoms with Gasteiger partial charge in [0.1, 0.15) is 11.8 Å². The number of Topliss-reactive ketones (excluding diaryl/α,β-unsaturated/α-hetero) is 1. The van der Waals surface area contributed by atoms with E-state index >= 15 is 0 Å². The Morgan fingerprint density at radius 2 is 1.79 bits per heavy atom. The van der Waals surface area contributed by atoms with Crippen LogP contribution in [-0.2, 0) is 16.0 Å². The van der Waals surface area contributed by atoms with E-state index in [4.69, 9.17) is 4.74 Å². The Kier molecular flexibility index (Phi) is 8.45. The van der Waals surface area contributed by atoms with Crippen LogP contribution in [-0.4, -0.2) is 62.6 Å². The summed E-state index contributed by atoms with van der Waals surface area (Å²) in [5, 5.41) is 14.2. The molecule has 1 fully saturated rings. The molecule has 2 N–H and O–H groups in total. The number of amides is 1. The predicted molar refractivity (Wildman–Crippen MR) is 134 cm³/mol. The molecule has 1 aliphatic heterocycles. The van der Waals surface area contributed by atoms with Gasteiger partial charge in [-0.3, -0.25) is 14.5 Å². The minimum absolute atomic E-state index is 0.0621. The molecule has 178 valence electrons. The molecule has 0 aromatic heterocycles. The SMILES string of the molecule is COc1ccc(C(NC(=O)CN2CCCC(O)C2)C(=O)Cc2ccc([Si](C)(C)C)cc2)cc1. The van der Waals surface area contributed by atoms with Crippen molar-refractivity contribution < 1.29 is 19.4 Å². The van der Waals surface area contributed by atoms with Crippen molar-refractivity contribution in [2.24, 2.45) is 0 Å². The molecule has 1 saturated heterocycles. The molecule has 6 nitrogen and oxygen atoms in total. The molecule has 7 heteroatoms. The number of piperidine rings is 1. The number of benzene rings is 2. The molecule has 2 aromatic carbocycles. The van der Waals surface area contributed by atoms with Gasteiger partial charge in [-0.2, -0.15) is 0 Å². The van der Waals surface area contributed by atoms with Crippen LogP contribution in [0.15, 0.2) is 48.5 Å². The number of aliphatic hydroxyl groups excluding tert-OH is 1. The Bertz CT molecular complexity index is 938.